The van der Waals surface area contributed by atoms with Gasteiger partial charge in [-0.05, 0) is 41.1 Å². The van der Waals surface area contributed by atoms with Crippen molar-refractivity contribution in [2.24, 2.45) is 0 Å². The zero-order chi connectivity index (χ0) is 13.1. The van der Waals surface area contributed by atoms with E-state index in [9.17, 15) is 14.4 Å². The summed E-state index contributed by atoms with van der Waals surface area (Å²) in [4.78, 5) is 34.5. The lowest BCUT2D eigenvalue weighted by atomic mass is 10.1. The van der Waals surface area contributed by atoms with Gasteiger partial charge in [0.15, 0.2) is 0 Å². The SMILES string of the molecule is O=C1CCC(NC(=O)c2ccccc2I)C(=O)N1. The first-order chi connectivity index (χ1) is 8.58. The second-order valence-electron chi connectivity index (χ2n) is 3.96. The molecule has 1 saturated heterocycles. The number of hydrogen-bond donors (Lipinski definition) is 2. The van der Waals surface area contributed by atoms with Gasteiger partial charge in [0.05, 0.1) is 5.56 Å². The Morgan fingerprint density at radius 3 is 2.72 bits per heavy atom. The molecule has 2 N–H and O–H groups in total. The second-order valence-corrected chi connectivity index (χ2v) is 5.12. The number of hydrogen-bond acceptors (Lipinski definition) is 3. The molecule has 1 aromatic carbocycles. The third-order valence-corrected chi connectivity index (χ3v) is 3.60. The molecule has 0 radical (unpaired) electrons. The van der Waals surface area contributed by atoms with Crippen molar-refractivity contribution < 1.29 is 14.4 Å². The lowest BCUT2D eigenvalue weighted by molar-refractivity contribution is -0.134. The van der Waals surface area contributed by atoms with Crippen LogP contribution in [-0.4, -0.2) is 23.8 Å². The van der Waals surface area contributed by atoms with Crippen molar-refractivity contribution in [3.8, 4) is 0 Å². The van der Waals surface area contributed by atoms with Gasteiger partial charge in [0.25, 0.3) is 5.91 Å². The Morgan fingerprint density at radius 2 is 2.06 bits per heavy atom. The number of carbonyl (C=O) groups is 3. The number of amides is 3. The number of imide groups is 1. The van der Waals surface area contributed by atoms with Crippen LogP contribution in [0, 0.1) is 3.57 Å². The number of rotatable bonds is 2. The number of benzene rings is 1. The molecule has 1 heterocycles. The van der Waals surface area contributed by atoms with E-state index in [1.165, 1.54) is 0 Å². The van der Waals surface area contributed by atoms with E-state index >= 15 is 0 Å². The molecule has 1 unspecified atom stereocenters. The summed E-state index contributed by atoms with van der Waals surface area (Å²) in [6.07, 6.45) is 0.600. The highest BCUT2D eigenvalue weighted by Gasteiger charge is 2.28. The second kappa shape index (κ2) is 5.47. The highest BCUT2D eigenvalue weighted by atomic mass is 127. The molecule has 1 aliphatic rings. The molecule has 18 heavy (non-hydrogen) atoms. The lowest BCUT2D eigenvalue weighted by Gasteiger charge is -2.21. The van der Waals surface area contributed by atoms with Crippen molar-refractivity contribution in [2.75, 3.05) is 0 Å². The summed E-state index contributed by atoms with van der Waals surface area (Å²) in [5.74, 6) is -1.03. The number of nitrogens with one attached hydrogen (secondary N) is 2. The molecular weight excluding hydrogens is 347 g/mol. The van der Waals surface area contributed by atoms with E-state index in [2.05, 4.69) is 33.2 Å². The Balaban J connectivity index is 2.06. The van der Waals surface area contributed by atoms with E-state index in [-0.39, 0.29) is 18.2 Å². The minimum absolute atomic E-state index is 0.253. The van der Waals surface area contributed by atoms with Crippen molar-refractivity contribution >= 4 is 40.3 Å². The number of halogens is 1. The maximum Gasteiger partial charge on any atom is 0.253 e. The molecule has 1 aliphatic heterocycles. The normalized spacial score (nSPS) is 19.3. The Kier molecular flexibility index (Phi) is 3.95. The lowest BCUT2D eigenvalue weighted by Crippen LogP contribution is -2.52. The van der Waals surface area contributed by atoms with Crippen LogP contribution in [0.2, 0.25) is 0 Å². The summed E-state index contributed by atoms with van der Waals surface area (Å²) in [5.41, 5.74) is 0.530. The molecule has 0 bridgehead atoms. The minimum Gasteiger partial charge on any atom is -0.340 e. The predicted molar refractivity (Wildman–Crippen MR) is 72.8 cm³/mol. The third kappa shape index (κ3) is 2.87. The Labute approximate surface area is 117 Å². The predicted octanol–water partition coefficient (Wildman–Crippen LogP) is 0.826. The summed E-state index contributed by atoms with van der Waals surface area (Å²) in [7, 11) is 0. The average molecular weight is 358 g/mol. The molecule has 0 spiro atoms. The fourth-order valence-electron chi connectivity index (χ4n) is 1.71. The molecule has 6 heteroatoms. The Morgan fingerprint density at radius 1 is 1.33 bits per heavy atom. The number of carbonyl (C=O) groups excluding carboxylic acids is 3. The van der Waals surface area contributed by atoms with Gasteiger partial charge in [0.1, 0.15) is 6.04 Å². The molecule has 5 nitrogen and oxygen atoms in total. The van der Waals surface area contributed by atoms with Gasteiger partial charge < -0.3 is 5.32 Å². The third-order valence-electron chi connectivity index (χ3n) is 2.66. The minimum atomic E-state index is -0.633. The van der Waals surface area contributed by atoms with Crippen molar-refractivity contribution in [3.05, 3.63) is 33.4 Å². The largest absolute Gasteiger partial charge is 0.340 e. The fourth-order valence-corrected chi connectivity index (χ4v) is 2.34. The van der Waals surface area contributed by atoms with Gasteiger partial charge in [0.2, 0.25) is 11.8 Å². The van der Waals surface area contributed by atoms with Gasteiger partial charge in [-0.3, -0.25) is 19.7 Å². The van der Waals surface area contributed by atoms with Gasteiger partial charge in [-0.2, -0.15) is 0 Å². The first kappa shape index (κ1) is 13.0. The summed E-state index contributed by atoms with van der Waals surface area (Å²) in [6.45, 7) is 0. The molecule has 0 aromatic heterocycles. The first-order valence-corrected chi connectivity index (χ1v) is 6.55. The van der Waals surface area contributed by atoms with Crippen LogP contribution in [0.3, 0.4) is 0 Å². The molecule has 3 amide bonds. The smallest absolute Gasteiger partial charge is 0.253 e. The summed E-state index contributed by atoms with van der Waals surface area (Å²) in [5, 5.41) is 4.84. The van der Waals surface area contributed by atoms with Crippen LogP contribution in [0.15, 0.2) is 24.3 Å². The van der Waals surface area contributed by atoms with E-state index < -0.39 is 11.9 Å². The van der Waals surface area contributed by atoms with Crippen molar-refractivity contribution in [1.82, 2.24) is 10.6 Å². The van der Waals surface area contributed by atoms with Crippen molar-refractivity contribution in [2.45, 2.75) is 18.9 Å². The van der Waals surface area contributed by atoms with E-state index in [1.807, 2.05) is 12.1 Å². The van der Waals surface area contributed by atoms with Crippen LogP contribution in [0.4, 0.5) is 0 Å². The van der Waals surface area contributed by atoms with E-state index in [0.717, 1.165) is 3.57 Å². The van der Waals surface area contributed by atoms with Crippen LogP contribution in [-0.2, 0) is 9.59 Å². The molecule has 0 aliphatic carbocycles. The summed E-state index contributed by atoms with van der Waals surface area (Å²) >= 11 is 2.06. The topological polar surface area (TPSA) is 75.3 Å². The maximum absolute atomic E-state index is 12.0. The molecule has 0 saturated carbocycles. The molecule has 94 valence electrons. The zero-order valence-electron chi connectivity index (χ0n) is 9.40. The summed E-state index contributed by atoms with van der Waals surface area (Å²) in [6, 6.07) is 6.49. The van der Waals surface area contributed by atoms with Gasteiger partial charge in [-0.25, -0.2) is 0 Å². The van der Waals surface area contributed by atoms with E-state index in [4.69, 9.17) is 0 Å². The molecule has 1 aromatic rings. The molecule has 2 rings (SSSR count). The fraction of sp³-hybridized carbons (Fsp3) is 0.250. The summed E-state index contributed by atoms with van der Waals surface area (Å²) < 4.78 is 0.819. The van der Waals surface area contributed by atoms with Crippen LogP contribution < -0.4 is 10.6 Å². The molecule has 1 fully saturated rings. The Bertz CT molecular complexity index is 516. The van der Waals surface area contributed by atoms with E-state index in [0.29, 0.717) is 12.0 Å². The van der Waals surface area contributed by atoms with Crippen molar-refractivity contribution in [3.63, 3.8) is 0 Å². The molecular formula is C12H11IN2O3. The Hall–Kier alpha value is -1.44. The average Bonchev–Trinajstić information content (AvgIpc) is 2.33. The van der Waals surface area contributed by atoms with Gasteiger partial charge in [0, 0.05) is 9.99 Å². The quantitative estimate of drug-likeness (QED) is 0.608. The zero-order valence-corrected chi connectivity index (χ0v) is 11.6. The maximum atomic E-state index is 12.0. The standard InChI is InChI=1S/C12H11IN2O3/c13-8-4-2-1-3-7(8)11(17)14-9-5-6-10(16)15-12(9)18/h1-4,9H,5-6H2,(H,14,17)(H,15,16,18). The van der Waals surface area contributed by atoms with Crippen LogP contribution in [0.25, 0.3) is 0 Å². The van der Waals surface area contributed by atoms with Gasteiger partial charge >= 0.3 is 0 Å². The van der Waals surface area contributed by atoms with Crippen LogP contribution >= 0.6 is 22.6 Å². The highest BCUT2D eigenvalue weighted by Crippen LogP contribution is 2.12. The monoisotopic (exact) mass is 358 g/mol. The van der Waals surface area contributed by atoms with E-state index in [1.54, 1.807) is 12.1 Å². The van der Waals surface area contributed by atoms with Gasteiger partial charge in [-0.15, -0.1) is 0 Å². The molecule has 1 atom stereocenters. The van der Waals surface area contributed by atoms with Crippen LogP contribution in [0.1, 0.15) is 23.2 Å². The highest BCUT2D eigenvalue weighted by molar-refractivity contribution is 14.1. The first-order valence-electron chi connectivity index (χ1n) is 5.47. The van der Waals surface area contributed by atoms with Crippen LogP contribution in [0.5, 0.6) is 0 Å². The van der Waals surface area contributed by atoms with Gasteiger partial charge in [-0.1, -0.05) is 12.1 Å². The van der Waals surface area contributed by atoms with Crippen molar-refractivity contribution in [1.29, 1.82) is 0 Å². The number of piperidine rings is 1.